The minimum atomic E-state index is -0.695. The number of aliphatic hydroxyl groups is 1. The first-order valence-corrected chi connectivity index (χ1v) is 6.34. The van der Waals surface area contributed by atoms with E-state index in [-0.39, 0.29) is 10.9 Å². The first-order valence-electron chi connectivity index (χ1n) is 5.96. The Labute approximate surface area is 109 Å². The molecule has 0 aromatic heterocycles. The van der Waals surface area contributed by atoms with Crippen LogP contribution < -0.4 is 0 Å². The summed E-state index contributed by atoms with van der Waals surface area (Å²) in [6.07, 6.45) is 2.09. The molecule has 3 rings (SSSR count). The molecule has 1 aliphatic heterocycles. The molecule has 1 amide bonds. The van der Waals surface area contributed by atoms with Crippen LogP contribution in [0.5, 0.6) is 0 Å². The van der Waals surface area contributed by atoms with Gasteiger partial charge in [0.25, 0.3) is 5.91 Å². The van der Waals surface area contributed by atoms with Crippen molar-refractivity contribution in [3.05, 3.63) is 34.6 Å². The number of rotatable bonds is 2. The van der Waals surface area contributed by atoms with Gasteiger partial charge >= 0.3 is 0 Å². The first-order chi connectivity index (χ1) is 8.49. The zero-order valence-electron chi connectivity index (χ0n) is 9.70. The summed E-state index contributed by atoms with van der Waals surface area (Å²) in [7, 11) is 0. The molecule has 0 unspecified atom stereocenters. The van der Waals surface area contributed by atoms with Crippen molar-refractivity contribution in [2.45, 2.75) is 18.4 Å². The van der Waals surface area contributed by atoms with Crippen molar-refractivity contribution in [1.82, 2.24) is 4.90 Å². The molecule has 1 aliphatic carbocycles. The summed E-state index contributed by atoms with van der Waals surface area (Å²) >= 11 is 5.65. The summed E-state index contributed by atoms with van der Waals surface area (Å²) in [4.78, 5) is 13.6. The third-order valence-corrected chi connectivity index (χ3v) is 4.01. The van der Waals surface area contributed by atoms with Gasteiger partial charge in [0.15, 0.2) is 0 Å². The Morgan fingerprint density at radius 3 is 2.67 bits per heavy atom. The SMILES string of the molecule is O=C(c1ccc(F)c(Cl)c1)N1CC(O)(C2CC2)C1. The molecule has 2 aliphatic rings. The van der Waals surface area contributed by atoms with E-state index in [2.05, 4.69) is 0 Å². The molecule has 0 radical (unpaired) electrons. The van der Waals surface area contributed by atoms with Gasteiger partial charge in [-0.2, -0.15) is 0 Å². The molecular weight excluding hydrogens is 257 g/mol. The average Bonchev–Trinajstić information content (AvgIpc) is 3.12. The molecule has 5 heteroatoms. The molecule has 3 nitrogen and oxygen atoms in total. The molecule has 0 atom stereocenters. The second-order valence-electron chi connectivity index (χ2n) is 5.17. The van der Waals surface area contributed by atoms with Crippen LogP contribution in [0.2, 0.25) is 5.02 Å². The molecule has 1 N–H and O–H groups in total. The van der Waals surface area contributed by atoms with Crippen molar-refractivity contribution in [1.29, 1.82) is 0 Å². The molecule has 1 saturated heterocycles. The van der Waals surface area contributed by atoms with Crippen molar-refractivity contribution < 1.29 is 14.3 Å². The summed E-state index contributed by atoms with van der Waals surface area (Å²) in [5.74, 6) is -0.396. The number of hydrogen-bond acceptors (Lipinski definition) is 2. The number of halogens is 2. The van der Waals surface area contributed by atoms with E-state index < -0.39 is 11.4 Å². The van der Waals surface area contributed by atoms with E-state index in [1.807, 2.05) is 0 Å². The van der Waals surface area contributed by atoms with Gasteiger partial charge < -0.3 is 10.0 Å². The number of nitrogens with zero attached hydrogens (tertiary/aromatic N) is 1. The lowest BCUT2D eigenvalue weighted by Gasteiger charge is -2.47. The summed E-state index contributed by atoms with van der Waals surface area (Å²) in [5, 5.41) is 10.1. The highest BCUT2D eigenvalue weighted by Crippen LogP contribution is 2.44. The molecule has 1 heterocycles. The molecule has 0 spiro atoms. The lowest BCUT2D eigenvalue weighted by Crippen LogP contribution is -2.64. The third-order valence-electron chi connectivity index (χ3n) is 3.72. The van der Waals surface area contributed by atoms with E-state index in [0.29, 0.717) is 24.6 Å². The molecule has 1 aromatic rings. The Bertz CT molecular complexity index is 510. The normalized spacial score (nSPS) is 21.6. The Kier molecular flexibility index (Phi) is 2.61. The summed E-state index contributed by atoms with van der Waals surface area (Å²) in [6, 6.07) is 3.92. The fourth-order valence-corrected chi connectivity index (χ4v) is 2.63. The summed E-state index contributed by atoms with van der Waals surface area (Å²) < 4.78 is 13.0. The van der Waals surface area contributed by atoms with Gasteiger partial charge in [0.2, 0.25) is 0 Å². The quantitative estimate of drug-likeness (QED) is 0.893. The molecule has 0 bridgehead atoms. The maximum absolute atomic E-state index is 13.0. The molecular formula is C13H13ClFNO2. The van der Waals surface area contributed by atoms with Crippen LogP contribution in [-0.2, 0) is 0 Å². The number of β-amino-alcohol motifs (C(OH)–C–C–N with tert-alkyl or cyclic N) is 1. The summed E-state index contributed by atoms with van der Waals surface area (Å²) in [5.41, 5.74) is -0.335. The Hall–Kier alpha value is -1.13. The van der Waals surface area contributed by atoms with Crippen LogP contribution in [0, 0.1) is 11.7 Å². The van der Waals surface area contributed by atoms with Gasteiger partial charge in [0.1, 0.15) is 11.4 Å². The highest BCUT2D eigenvalue weighted by Gasteiger charge is 2.53. The monoisotopic (exact) mass is 269 g/mol. The molecule has 1 aromatic carbocycles. The molecule has 1 saturated carbocycles. The first kappa shape index (κ1) is 11.9. The standard InChI is InChI=1S/C13H13ClFNO2/c14-10-5-8(1-4-11(10)15)12(17)16-6-13(18,7-16)9-2-3-9/h1,4-5,9,18H,2-3,6-7H2. The Morgan fingerprint density at radius 2 is 2.11 bits per heavy atom. The van der Waals surface area contributed by atoms with Crippen LogP contribution in [0.3, 0.4) is 0 Å². The van der Waals surface area contributed by atoms with Gasteiger partial charge in [-0.3, -0.25) is 4.79 Å². The molecule has 2 fully saturated rings. The average molecular weight is 270 g/mol. The van der Waals surface area contributed by atoms with Gasteiger partial charge in [-0.15, -0.1) is 0 Å². The van der Waals surface area contributed by atoms with Crippen LogP contribution in [0.25, 0.3) is 0 Å². The van der Waals surface area contributed by atoms with Crippen molar-refractivity contribution in [3.63, 3.8) is 0 Å². The predicted molar refractivity (Wildman–Crippen MR) is 65.0 cm³/mol. The van der Waals surface area contributed by atoms with Crippen molar-refractivity contribution >= 4 is 17.5 Å². The maximum Gasteiger partial charge on any atom is 0.254 e. The Balaban J connectivity index is 1.70. The van der Waals surface area contributed by atoms with Crippen LogP contribution in [-0.4, -0.2) is 34.6 Å². The largest absolute Gasteiger partial charge is 0.386 e. The zero-order valence-corrected chi connectivity index (χ0v) is 10.5. The van der Waals surface area contributed by atoms with Crippen molar-refractivity contribution in [2.75, 3.05) is 13.1 Å². The van der Waals surface area contributed by atoms with E-state index in [9.17, 15) is 14.3 Å². The minimum absolute atomic E-state index is 0.0566. The predicted octanol–water partition coefficient (Wildman–Crippen LogP) is 2.08. The van der Waals surface area contributed by atoms with Crippen LogP contribution in [0.4, 0.5) is 4.39 Å². The number of likely N-dealkylation sites (tertiary alicyclic amines) is 1. The van der Waals surface area contributed by atoms with Gasteiger partial charge in [-0.25, -0.2) is 4.39 Å². The van der Waals surface area contributed by atoms with E-state index in [4.69, 9.17) is 11.6 Å². The number of carbonyl (C=O) groups is 1. The smallest absolute Gasteiger partial charge is 0.254 e. The fourth-order valence-electron chi connectivity index (χ4n) is 2.45. The van der Waals surface area contributed by atoms with E-state index >= 15 is 0 Å². The molecule has 96 valence electrons. The molecule has 18 heavy (non-hydrogen) atoms. The van der Waals surface area contributed by atoms with E-state index in [1.54, 1.807) is 4.90 Å². The van der Waals surface area contributed by atoms with Gasteiger partial charge in [0.05, 0.1) is 18.1 Å². The van der Waals surface area contributed by atoms with Gasteiger partial charge in [0, 0.05) is 5.56 Å². The number of amides is 1. The van der Waals surface area contributed by atoms with E-state index in [1.165, 1.54) is 18.2 Å². The topological polar surface area (TPSA) is 40.5 Å². The van der Waals surface area contributed by atoms with Gasteiger partial charge in [-0.1, -0.05) is 11.6 Å². The fraction of sp³-hybridized carbons (Fsp3) is 0.462. The highest BCUT2D eigenvalue weighted by atomic mass is 35.5. The second kappa shape index (κ2) is 3.93. The third kappa shape index (κ3) is 1.89. The van der Waals surface area contributed by atoms with Crippen LogP contribution in [0.1, 0.15) is 23.2 Å². The van der Waals surface area contributed by atoms with E-state index in [0.717, 1.165) is 12.8 Å². The highest BCUT2D eigenvalue weighted by molar-refractivity contribution is 6.31. The lowest BCUT2D eigenvalue weighted by molar-refractivity contribution is -0.0958. The minimum Gasteiger partial charge on any atom is -0.386 e. The van der Waals surface area contributed by atoms with Crippen molar-refractivity contribution in [2.24, 2.45) is 5.92 Å². The lowest BCUT2D eigenvalue weighted by atomic mass is 9.88. The number of carbonyl (C=O) groups excluding carboxylic acids is 1. The van der Waals surface area contributed by atoms with Crippen LogP contribution >= 0.6 is 11.6 Å². The van der Waals surface area contributed by atoms with Crippen molar-refractivity contribution in [3.8, 4) is 0 Å². The second-order valence-corrected chi connectivity index (χ2v) is 5.58. The Morgan fingerprint density at radius 1 is 1.44 bits per heavy atom. The maximum atomic E-state index is 13.0. The zero-order chi connectivity index (χ0) is 12.9. The number of hydrogen-bond donors (Lipinski definition) is 1. The van der Waals surface area contributed by atoms with Gasteiger partial charge in [-0.05, 0) is 37.0 Å². The number of benzene rings is 1. The van der Waals surface area contributed by atoms with Crippen LogP contribution in [0.15, 0.2) is 18.2 Å². The summed E-state index contributed by atoms with van der Waals surface area (Å²) in [6.45, 7) is 0.733.